The first-order valence-corrected chi connectivity index (χ1v) is 6.62. The summed E-state index contributed by atoms with van der Waals surface area (Å²) in [7, 11) is 0. The molecule has 0 spiro atoms. The molecule has 2 aromatic rings. The summed E-state index contributed by atoms with van der Waals surface area (Å²) in [6, 6.07) is 12.9. The van der Waals surface area contributed by atoms with Crippen LogP contribution < -0.4 is 11.1 Å². The molecule has 1 amide bonds. The van der Waals surface area contributed by atoms with E-state index < -0.39 is 0 Å². The Morgan fingerprint density at radius 3 is 2.55 bits per heavy atom. The predicted molar refractivity (Wildman–Crippen MR) is 80.1 cm³/mol. The quantitative estimate of drug-likeness (QED) is 0.896. The number of amides is 1. The largest absolute Gasteiger partial charge is 0.324 e. The van der Waals surface area contributed by atoms with Gasteiger partial charge in [0.1, 0.15) is 0 Å². The summed E-state index contributed by atoms with van der Waals surface area (Å²) in [5, 5.41) is 2.88. The van der Waals surface area contributed by atoms with E-state index in [-0.39, 0.29) is 17.9 Å². The fourth-order valence-electron chi connectivity index (χ4n) is 1.99. The molecule has 0 aliphatic heterocycles. The normalized spacial score (nSPS) is 13.6. The van der Waals surface area contributed by atoms with Gasteiger partial charge in [-0.05, 0) is 24.6 Å². The van der Waals surface area contributed by atoms with Crippen molar-refractivity contribution in [1.29, 1.82) is 0 Å². The summed E-state index contributed by atoms with van der Waals surface area (Å²) < 4.78 is 0. The molecule has 0 saturated heterocycles. The van der Waals surface area contributed by atoms with Gasteiger partial charge in [0, 0.05) is 12.2 Å². The van der Waals surface area contributed by atoms with Crippen molar-refractivity contribution >= 4 is 11.6 Å². The minimum atomic E-state index is -0.326. The molecule has 1 aromatic carbocycles. The van der Waals surface area contributed by atoms with E-state index in [4.69, 9.17) is 5.73 Å². The molecular weight excluding hydrogens is 250 g/mol. The SMILES string of the molecule is Cc1ncccc1NC(=O)C(C)C(N)c1ccccc1. The fraction of sp³-hybridized carbons (Fsp3) is 0.250. The third-order valence-electron chi connectivity index (χ3n) is 3.40. The average Bonchev–Trinajstić information content (AvgIpc) is 2.49. The van der Waals surface area contributed by atoms with E-state index in [9.17, 15) is 4.79 Å². The maximum Gasteiger partial charge on any atom is 0.229 e. The molecule has 104 valence electrons. The third-order valence-corrected chi connectivity index (χ3v) is 3.40. The molecule has 1 aromatic heterocycles. The Labute approximate surface area is 119 Å². The van der Waals surface area contributed by atoms with Crippen molar-refractivity contribution in [3.8, 4) is 0 Å². The summed E-state index contributed by atoms with van der Waals surface area (Å²) in [4.78, 5) is 16.4. The molecule has 20 heavy (non-hydrogen) atoms. The molecule has 0 aliphatic carbocycles. The summed E-state index contributed by atoms with van der Waals surface area (Å²) in [5.74, 6) is -0.422. The van der Waals surface area contributed by atoms with Gasteiger partial charge in [0.2, 0.25) is 5.91 Å². The first-order chi connectivity index (χ1) is 9.59. The summed E-state index contributed by atoms with van der Waals surface area (Å²) in [6.07, 6.45) is 1.70. The van der Waals surface area contributed by atoms with E-state index in [1.165, 1.54) is 0 Å². The smallest absolute Gasteiger partial charge is 0.229 e. The monoisotopic (exact) mass is 269 g/mol. The van der Waals surface area contributed by atoms with Gasteiger partial charge in [-0.25, -0.2) is 0 Å². The number of rotatable bonds is 4. The fourth-order valence-corrected chi connectivity index (χ4v) is 1.99. The van der Waals surface area contributed by atoms with Gasteiger partial charge < -0.3 is 11.1 Å². The Kier molecular flexibility index (Phi) is 4.48. The second kappa shape index (κ2) is 6.30. The van der Waals surface area contributed by atoms with E-state index in [0.29, 0.717) is 0 Å². The van der Waals surface area contributed by atoms with Gasteiger partial charge in [-0.1, -0.05) is 37.3 Å². The lowest BCUT2D eigenvalue weighted by Gasteiger charge is -2.20. The van der Waals surface area contributed by atoms with Gasteiger partial charge in [-0.2, -0.15) is 0 Å². The Bertz CT molecular complexity index is 583. The van der Waals surface area contributed by atoms with Crippen molar-refractivity contribution in [3.63, 3.8) is 0 Å². The highest BCUT2D eigenvalue weighted by Crippen LogP contribution is 2.21. The zero-order valence-electron chi connectivity index (χ0n) is 11.7. The molecule has 4 heteroatoms. The van der Waals surface area contributed by atoms with Crippen LogP contribution in [0.15, 0.2) is 48.7 Å². The molecule has 2 atom stereocenters. The molecule has 2 rings (SSSR count). The molecular formula is C16H19N3O. The van der Waals surface area contributed by atoms with Crippen LogP contribution in [0.25, 0.3) is 0 Å². The van der Waals surface area contributed by atoms with Crippen LogP contribution in [0.5, 0.6) is 0 Å². The van der Waals surface area contributed by atoms with E-state index >= 15 is 0 Å². The Morgan fingerprint density at radius 2 is 1.90 bits per heavy atom. The zero-order valence-corrected chi connectivity index (χ0v) is 11.7. The van der Waals surface area contributed by atoms with Gasteiger partial charge >= 0.3 is 0 Å². The molecule has 0 radical (unpaired) electrons. The first kappa shape index (κ1) is 14.2. The number of pyridine rings is 1. The Balaban J connectivity index is 2.08. The van der Waals surface area contributed by atoms with Crippen LogP contribution in [0.3, 0.4) is 0 Å². The third kappa shape index (κ3) is 3.22. The second-order valence-corrected chi connectivity index (χ2v) is 4.85. The number of nitrogens with one attached hydrogen (secondary N) is 1. The summed E-state index contributed by atoms with van der Waals surface area (Å²) >= 11 is 0. The van der Waals surface area contributed by atoms with E-state index in [0.717, 1.165) is 16.9 Å². The van der Waals surface area contributed by atoms with Crippen molar-refractivity contribution in [2.24, 2.45) is 11.7 Å². The molecule has 3 N–H and O–H groups in total. The predicted octanol–water partition coefficient (Wildman–Crippen LogP) is 2.66. The zero-order chi connectivity index (χ0) is 14.5. The second-order valence-electron chi connectivity index (χ2n) is 4.85. The van der Waals surface area contributed by atoms with Crippen LogP contribution in [0.2, 0.25) is 0 Å². The molecule has 0 fully saturated rings. The molecule has 1 heterocycles. The number of aryl methyl sites for hydroxylation is 1. The van der Waals surface area contributed by atoms with E-state index in [2.05, 4.69) is 10.3 Å². The molecule has 0 bridgehead atoms. The number of anilines is 1. The number of hydrogen-bond acceptors (Lipinski definition) is 3. The molecule has 4 nitrogen and oxygen atoms in total. The van der Waals surface area contributed by atoms with E-state index in [1.54, 1.807) is 12.3 Å². The average molecular weight is 269 g/mol. The number of aromatic nitrogens is 1. The summed E-state index contributed by atoms with van der Waals surface area (Å²) in [6.45, 7) is 3.69. The maximum atomic E-state index is 12.3. The van der Waals surface area contributed by atoms with Crippen molar-refractivity contribution in [2.45, 2.75) is 19.9 Å². The lowest BCUT2D eigenvalue weighted by atomic mass is 9.94. The van der Waals surface area contributed by atoms with Crippen LogP contribution in [-0.2, 0) is 4.79 Å². The summed E-state index contributed by atoms with van der Waals surface area (Å²) in [5.41, 5.74) is 8.63. The minimum Gasteiger partial charge on any atom is -0.324 e. The topological polar surface area (TPSA) is 68.0 Å². The molecule has 2 unspecified atom stereocenters. The van der Waals surface area contributed by atoms with Crippen molar-refractivity contribution in [2.75, 3.05) is 5.32 Å². The van der Waals surface area contributed by atoms with Crippen molar-refractivity contribution < 1.29 is 4.79 Å². The lowest BCUT2D eigenvalue weighted by molar-refractivity contribution is -0.120. The van der Waals surface area contributed by atoms with Gasteiger partial charge in [0.25, 0.3) is 0 Å². The minimum absolute atomic E-state index is 0.0996. The number of carbonyl (C=O) groups is 1. The van der Waals surface area contributed by atoms with Crippen LogP contribution in [0.1, 0.15) is 24.2 Å². The highest BCUT2D eigenvalue weighted by atomic mass is 16.1. The number of nitrogens with two attached hydrogens (primary N) is 1. The number of hydrogen-bond donors (Lipinski definition) is 2. The molecule has 0 saturated carbocycles. The van der Waals surface area contributed by atoms with Crippen molar-refractivity contribution in [1.82, 2.24) is 4.98 Å². The lowest BCUT2D eigenvalue weighted by Crippen LogP contribution is -2.30. The standard InChI is InChI=1S/C16H19N3O/c1-11(15(17)13-7-4-3-5-8-13)16(20)19-14-9-6-10-18-12(14)2/h3-11,15H,17H2,1-2H3,(H,19,20). The Morgan fingerprint density at radius 1 is 1.20 bits per heavy atom. The van der Waals surface area contributed by atoms with Gasteiger partial charge in [0.05, 0.1) is 17.3 Å². The van der Waals surface area contributed by atoms with Gasteiger partial charge in [0.15, 0.2) is 0 Å². The highest BCUT2D eigenvalue weighted by molar-refractivity contribution is 5.93. The van der Waals surface area contributed by atoms with Crippen LogP contribution in [0.4, 0.5) is 5.69 Å². The van der Waals surface area contributed by atoms with Crippen LogP contribution in [0, 0.1) is 12.8 Å². The van der Waals surface area contributed by atoms with Crippen molar-refractivity contribution in [3.05, 3.63) is 59.9 Å². The molecule has 0 aliphatic rings. The van der Waals surface area contributed by atoms with E-state index in [1.807, 2.05) is 50.2 Å². The first-order valence-electron chi connectivity index (χ1n) is 6.62. The highest BCUT2D eigenvalue weighted by Gasteiger charge is 2.22. The van der Waals surface area contributed by atoms with Crippen LogP contribution in [-0.4, -0.2) is 10.9 Å². The van der Waals surface area contributed by atoms with Gasteiger partial charge in [-0.3, -0.25) is 9.78 Å². The Hall–Kier alpha value is -2.20. The number of nitrogens with zero attached hydrogens (tertiary/aromatic N) is 1. The number of benzene rings is 1. The van der Waals surface area contributed by atoms with Crippen LogP contribution >= 0.6 is 0 Å². The maximum absolute atomic E-state index is 12.3. The van der Waals surface area contributed by atoms with Gasteiger partial charge in [-0.15, -0.1) is 0 Å². The number of carbonyl (C=O) groups excluding carboxylic acids is 1.